The topological polar surface area (TPSA) is 57.6 Å². The van der Waals surface area contributed by atoms with E-state index < -0.39 is 11.9 Å². The molecule has 2 fully saturated rings. The van der Waals surface area contributed by atoms with Crippen LogP contribution in [-0.4, -0.2) is 35.0 Å². The number of benzene rings is 1. The van der Waals surface area contributed by atoms with Gasteiger partial charge in [-0.15, -0.1) is 0 Å². The molecule has 0 radical (unpaired) electrons. The molecule has 24 heavy (non-hydrogen) atoms. The molecule has 1 heterocycles. The van der Waals surface area contributed by atoms with Gasteiger partial charge in [-0.1, -0.05) is 50.6 Å². The Balaban J connectivity index is 0.00000208. The van der Waals surface area contributed by atoms with E-state index in [1.807, 2.05) is 35.2 Å². The lowest BCUT2D eigenvalue weighted by Crippen LogP contribution is -2.33. The molecule has 1 N–H and O–H groups in total. The van der Waals surface area contributed by atoms with E-state index in [-0.39, 0.29) is 19.8 Å². The van der Waals surface area contributed by atoms with E-state index in [0.717, 1.165) is 18.7 Å². The quantitative estimate of drug-likeness (QED) is 0.897. The molecule has 1 saturated heterocycles. The first-order valence-corrected chi connectivity index (χ1v) is 8.68. The molecule has 1 aromatic carbocycles. The second-order valence-electron chi connectivity index (χ2n) is 7.03. The molecular formula is C20H29NO3. The molecule has 132 valence electrons. The van der Waals surface area contributed by atoms with Gasteiger partial charge < -0.3 is 10.0 Å². The molecule has 3 rings (SSSR count). The number of rotatable bonds is 5. The fourth-order valence-corrected chi connectivity index (χ4v) is 4.09. The number of hydrogen-bond acceptors (Lipinski definition) is 2. The van der Waals surface area contributed by atoms with E-state index in [2.05, 4.69) is 0 Å². The minimum Gasteiger partial charge on any atom is -0.481 e. The third-order valence-corrected chi connectivity index (χ3v) is 5.42. The van der Waals surface area contributed by atoms with Crippen LogP contribution in [0.4, 0.5) is 0 Å². The van der Waals surface area contributed by atoms with Gasteiger partial charge in [0.05, 0.1) is 5.92 Å². The average molecular weight is 331 g/mol. The van der Waals surface area contributed by atoms with Crippen LogP contribution in [0.2, 0.25) is 0 Å². The van der Waals surface area contributed by atoms with Crippen LogP contribution in [0.3, 0.4) is 0 Å². The van der Waals surface area contributed by atoms with Gasteiger partial charge in [0.15, 0.2) is 0 Å². The van der Waals surface area contributed by atoms with Crippen LogP contribution < -0.4 is 0 Å². The summed E-state index contributed by atoms with van der Waals surface area (Å²) in [4.78, 5) is 26.0. The summed E-state index contributed by atoms with van der Waals surface area (Å²) in [6.45, 7) is 1.67. The van der Waals surface area contributed by atoms with Crippen LogP contribution in [0, 0.1) is 17.8 Å². The molecule has 1 saturated carbocycles. The van der Waals surface area contributed by atoms with E-state index in [9.17, 15) is 14.7 Å². The lowest BCUT2D eigenvalue weighted by atomic mass is 9.82. The van der Waals surface area contributed by atoms with Crippen molar-refractivity contribution >= 4 is 11.9 Å². The first-order valence-electron chi connectivity index (χ1n) is 8.68. The maximum atomic E-state index is 12.6. The Hall–Kier alpha value is -1.84. The molecule has 1 aliphatic carbocycles. The van der Waals surface area contributed by atoms with Crippen molar-refractivity contribution in [1.29, 1.82) is 0 Å². The van der Waals surface area contributed by atoms with Crippen LogP contribution in [-0.2, 0) is 16.0 Å². The van der Waals surface area contributed by atoms with Crippen molar-refractivity contribution in [3.8, 4) is 0 Å². The number of carboxylic acid groups (broad SMARTS) is 1. The Morgan fingerprint density at radius 1 is 1.08 bits per heavy atom. The monoisotopic (exact) mass is 331 g/mol. The molecule has 3 atom stereocenters. The van der Waals surface area contributed by atoms with E-state index in [0.29, 0.717) is 18.3 Å². The first-order chi connectivity index (χ1) is 11.1. The molecular weight excluding hydrogens is 302 g/mol. The zero-order valence-corrected chi connectivity index (χ0v) is 13.5. The van der Waals surface area contributed by atoms with Crippen molar-refractivity contribution in [2.45, 2.75) is 46.0 Å². The van der Waals surface area contributed by atoms with Crippen molar-refractivity contribution in [1.82, 2.24) is 4.90 Å². The highest BCUT2D eigenvalue weighted by atomic mass is 16.4. The Labute approximate surface area is 144 Å². The van der Waals surface area contributed by atoms with Gasteiger partial charge in [0.2, 0.25) is 5.91 Å². The maximum absolute atomic E-state index is 12.6. The largest absolute Gasteiger partial charge is 0.481 e. The first kappa shape index (κ1) is 18.5. The smallest absolute Gasteiger partial charge is 0.307 e. The summed E-state index contributed by atoms with van der Waals surface area (Å²) in [5.74, 6) is -0.204. The number of carbonyl (C=O) groups excluding carboxylic acids is 1. The highest BCUT2D eigenvalue weighted by Crippen LogP contribution is 2.36. The highest BCUT2D eigenvalue weighted by Gasteiger charge is 2.37. The highest BCUT2D eigenvalue weighted by molar-refractivity contribution is 5.82. The summed E-state index contributed by atoms with van der Waals surface area (Å²) < 4.78 is 0. The number of hydrogen-bond donors (Lipinski definition) is 1. The number of likely N-dealkylation sites (tertiary alicyclic amines) is 1. The molecule has 1 amide bonds. The third kappa shape index (κ3) is 4.37. The van der Waals surface area contributed by atoms with E-state index in [4.69, 9.17) is 0 Å². The average Bonchev–Trinajstić information content (AvgIpc) is 2.99. The lowest BCUT2D eigenvalue weighted by Gasteiger charge is -2.22. The van der Waals surface area contributed by atoms with E-state index in [1.54, 1.807) is 0 Å². The molecule has 0 spiro atoms. The number of amides is 1. The van der Waals surface area contributed by atoms with Crippen LogP contribution in [0.5, 0.6) is 0 Å². The predicted molar refractivity (Wildman–Crippen MR) is 94.6 cm³/mol. The number of carbonyl (C=O) groups is 2. The van der Waals surface area contributed by atoms with Crippen LogP contribution in [0.15, 0.2) is 30.3 Å². The van der Waals surface area contributed by atoms with Gasteiger partial charge in [-0.2, -0.15) is 0 Å². The summed E-state index contributed by atoms with van der Waals surface area (Å²) in [5.41, 5.74) is 0.975. The molecule has 4 heteroatoms. The van der Waals surface area contributed by atoms with Crippen molar-refractivity contribution < 1.29 is 14.7 Å². The van der Waals surface area contributed by atoms with Gasteiger partial charge in [0.25, 0.3) is 0 Å². The van der Waals surface area contributed by atoms with Gasteiger partial charge in [0, 0.05) is 19.5 Å². The van der Waals surface area contributed by atoms with Crippen LogP contribution in [0.1, 0.15) is 45.1 Å². The van der Waals surface area contributed by atoms with Gasteiger partial charge in [-0.05, 0) is 36.7 Å². The van der Waals surface area contributed by atoms with Crippen molar-refractivity contribution in [3.05, 3.63) is 35.9 Å². The van der Waals surface area contributed by atoms with Gasteiger partial charge in [0.1, 0.15) is 0 Å². The fraction of sp³-hybridized carbons (Fsp3) is 0.600. The molecule has 0 bridgehead atoms. The minimum atomic E-state index is -0.876. The van der Waals surface area contributed by atoms with Gasteiger partial charge >= 0.3 is 5.97 Å². The van der Waals surface area contributed by atoms with Crippen molar-refractivity contribution in [2.24, 2.45) is 17.8 Å². The van der Waals surface area contributed by atoms with Gasteiger partial charge in [-0.25, -0.2) is 0 Å². The molecule has 4 nitrogen and oxygen atoms in total. The van der Waals surface area contributed by atoms with E-state index in [1.165, 1.54) is 25.7 Å². The maximum Gasteiger partial charge on any atom is 0.307 e. The van der Waals surface area contributed by atoms with Crippen molar-refractivity contribution in [2.75, 3.05) is 13.1 Å². The van der Waals surface area contributed by atoms with E-state index >= 15 is 0 Å². The summed E-state index contributed by atoms with van der Waals surface area (Å²) in [5, 5.41) is 9.46. The summed E-state index contributed by atoms with van der Waals surface area (Å²) >= 11 is 0. The number of carboxylic acids is 1. The summed E-state index contributed by atoms with van der Waals surface area (Å²) in [6.07, 6.45) is 5.53. The SMILES string of the molecule is C.O=C(O)[C@H](CC(=O)N1C[C@H]2CCCC[C@H]2C1)Cc1ccccc1. The molecule has 1 aromatic rings. The minimum absolute atomic E-state index is 0. The zero-order chi connectivity index (χ0) is 16.2. The lowest BCUT2D eigenvalue weighted by molar-refractivity contribution is -0.145. The van der Waals surface area contributed by atoms with Crippen LogP contribution in [0.25, 0.3) is 0 Å². The Morgan fingerprint density at radius 2 is 1.67 bits per heavy atom. The number of aliphatic carboxylic acids is 1. The zero-order valence-electron chi connectivity index (χ0n) is 13.5. The Bertz CT molecular complexity index is 543. The molecule has 1 aliphatic heterocycles. The number of fused-ring (bicyclic) bond motifs is 1. The fourth-order valence-electron chi connectivity index (χ4n) is 4.09. The second kappa shape index (κ2) is 8.32. The van der Waals surface area contributed by atoms with Gasteiger partial charge in [-0.3, -0.25) is 9.59 Å². The molecule has 2 aliphatic rings. The summed E-state index contributed by atoms with van der Waals surface area (Å²) in [7, 11) is 0. The van der Waals surface area contributed by atoms with Crippen LogP contribution >= 0.6 is 0 Å². The van der Waals surface area contributed by atoms with Crippen molar-refractivity contribution in [3.63, 3.8) is 0 Å². The Kier molecular flexibility index (Phi) is 6.41. The summed E-state index contributed by atoms with van der Waals surface area (Å²) in [6, 6.07) is 9.56. The number of nitrogens with zero attached hydrogens (tertiary/aromatic N) is 1. The Morgan fingerprint density at radius 3 is 2.21 bits per heavy atom. The molecule has 0 unspecified atom stereocenters. The third-order valence-electron chi connectivity index (χ3n) is 5.42. The molecule has 0 aromatic heterocycles. The normalized spacial score (nSPS) is 23.9. The second-order valence-corrected chi connectivity index (χ2v) is 7.03. The predicted octanol–water partition coefficient (Wildman–Crippen LogP) is 3.60. The standard InChI is InChI=1S/C19H25NO3.CH4/c21-18(20-12-15-8-4-5-9-16(15)13-20)11-17(19(22)23)10-14-6-2-1-3-7-14;/h1-3,6-7,15-17H,4-5,8-13H2,(H,22,23);1H4/t15-,16+,17-;/m0./s1.